The molecular weight excluding hydrogens is 367 g/mol. The highest BCUT2D eigenvalue weighted by atomic mass is 32.2. The van der Waals surface area contributed by atoms with Crippen LogP contribution in [-0.4, -0.2) is 35.8 Å². The van der Waals surface area contributed by atoms with Gasteiger partial charge >= 0.3 is 0 Å². The summed E-state index contributed by atoms with van der Waals surface area (Å²) >= 11 is 0. The van der Waals surface area contributed by atoms with Gasteiger partial charge in [0.2, 0.25) is 0 Å². The maximum Gasteiger partial charge on any atom is 0.166 e. The van der Waals surface area contributed by atoms with Crippen molar-refractivity contribution in [3.63, 3.8) is 0 Å². The molecule has 1 aliphatic heterocycles. The predicted octanol–water partition coefficient (Wildman–Crippen LogP) is 2.71. The van der Waals surface area contributed by atoms with Crippen LogP contribution in [-0.2, 0) is 27.4 Å². The molecule has 27 heavy (non-hydrogen) atoms. The van der Waals surface area contributed by atoms with Crippen LogP contribution in [0.25, 0.3) is 5.65 Å². The monoisotopic (exact) mass is 388 g/mol. The van der Waals surface area contributed by atoms with E-state index >= 15 is 0 Å². The Labute approximate surface area is 157 Å². The molecule has 4 rings (SSSR count). The molecule has 0 amide bonds. The van der Waals surface area contributed by atoms with Crippen LogP contribution in [0.1, 0.15) is 36.5 Å². The topological polar surface area (TPSA) is 76.4 Å². The molecule has 0 aliphatic carbocycles. The number of anilines is 1. The summed E-state index contributed by atoms with van der Waals surface area (Å²) in [5.41, 5.74) is 4.32. The van der Waals surface area contributed by atoms with Crippen molar-refractivity contribution in [1.29, 1.82) is 0 Å². The van der Waals surface area contributed by atoms with Crippen LogP contribution in [0.15, 0.2) is 30.3 Å². The molecule has 3 heterocycles. The second-order valence-corrected chi connectivity index (χ2v) is 9.95. The molecule has 0 saturated carbocycles. The largest absolute Gasteiger partial charge is 0.383 e. The highest BCUT2D eigenvalue weighted by Gasteiger charge is 2.34. The SMILES string of the molecule is CC1(C)CNc2cc(Cc3ccc(F)cc3)c3nc(CS(C)(=O)=O)nn3c21. The second-order valence-electron chi connectivity index (χ2n) is 7.81. The minimum Gasteiger partial charge on any atom is -0.383 e. The molecule has 1 aromatic carbocycles. The van der Waals surface area contributed by atoms with Crippen molar-refractivity contribution in [2.45, 2.75) is 31.4 Å². The molecule has 142 valence electrons. The Balaban J connectivity index is 1.88. The van der Waals surface area contributed by atoms with Gasteiger partial charge in [0.05, 0.1) is 11.4 Å². The lowest BCUT2D eigenvalue weighted by Crippen LogP contribution is -2.22. The van der Waals surface area contributed by atoms with Gasteiger partial charge in [-0.05, 0) is 23.8 Å². The fraction of sp³-hybridized carbons (Fsp3) is 0.368. The first-order valence-corrected chi connectivity index (χ1v) is 10.8. The number of halogens is 1. The third-order valence-corrected chi connectivity index (χ3v) is 5.57. The number of nitrogens with zero attached hydrogens (tertiary/aromatic N) is 3. The number of nitrogens with one attached hydrogen (secondary N) is 1. The standard InChI is InChI=1S/C19H21FN4O2S/c1-19(2)11-21-15-9-13(8-12-4-6-14(20)7-5-12)18-22-16(10-27(3,25)26)23-24(18)17(15)19/h4-7,9,21H,8,10-11H2,1-3H3. The van der Waals surface area contributed by atoms with Gasteiger partial charge in [-0.1, -0.05) is 26.0 Å². The number of benzene rings is 1. The highest BCUT2D eigenvalue weighted by molar-refractivity contribution is 7.89. The first-order chi connectivity index (χ1) is 12.6. The molecule has 3 aromatic rings. The molecule has 0 unspecified atom stereocenters. The van der Waals surface area contributed by atoms with E-state index < -0.39 is 9.84 Å². The summed E-state index contributed by atoms with van der Waals surface area (Å²) < 4.78 is 38.4. The highest BCUT2D eigenvalue weighted by Crippen LogP contribution is 2.38. The molecule has 0 spiro atoms. The lowest BCUT2D eigenvalue weighted by molar-refractivity contribution is 0.550. The number of rotatable bonds is 4. The van der Waals surface area contributed by atoms with E-state index in [1.807, 2.05) is 6.07 Å². The smallest absolute Gasteiger partial charge is 0.166 e. The minimum absolute atomic E-state index is 0.155. The number of aromatic nitrogens is 3. The maximum atomic E-state index is 13.2. The first-order valence-electron chi connectivity index (χ1n) is 8.70. The lowest BCUT2D eigenvalue weighted by atomic mass is 9.90. The predicted molar refractivity (Wildman–Crippen MR) is 102 cm³/mol. The van der Waals surface area contributed by atoms with Crippen molar-refractivity contribution in [2.75, 3.05) is 18.1 Å². The Bertz CT molecular complexity index is 1130. The zero-order valence-electron chi connectivity index (χ0n) is 15.5. The van der Waals surface area contributed by atoms with Crippen LogP contribution < -0.4 is 5.32 Å². The van der Waals surface area contributed by atoms with Gasteiger partial charge in [-0.15, -0.1) is 5.10 Å². The number of pyridine rings is 1. The Morgan fingerprint density at radius 1 is 1.26 bits per heavy atom. The minimum atomic E-state index is -3.24. The molecule has 0 radical (unpaired) electrons. The summed E-state index contributed by atoms with van der Waals surface area (Å²) in [6.45, 7) is 4.99. The molecule has 6 nitrogen and oxygen atoms in total. The van der Waals surface area contributed by atoms with E-state index in [9.17, 15) is 12.8 Å². The van der Waals surface area contributed by atoms with Gasteiger partial charge in [0, 0.05) is 30.2 Å². The second kappa shape index (κ2) is 6.02. The van der Waals surface area contributed by atoms with Crippen molar-refractivity contribution in [2.24, 2.45) is 0 Å². The summed E-state index contributed by atoms with van der Waals surface area (Å²) in [7, 11) is -3.24. The summed E-state index contributed by atoms with van der Waals surface area (Å²) in [4.78, 5) is 4.53. The fourth-order valence-electron chi connectivity index (χ4n) is 3.57. The van der Waals surface area contributed by atoms with Crippen LogP contribution in [0.3, 0.4) is 0 Å². The van der Waals surface area contributed by atoms with E-state index in [1.165, 1.54) is 18.4 Å². The van der Waals surface area contributed by atoms with Crippen molar-refractivity contribution in [3.8, 4) is 0 Å². The number of sulfone groups is 1. The van der Waals surface area contributed by atoms with E-state index in [0.29, 0.717) is 12.1 Å². The Morgan fingerprint density at radius 2 is 1.96 bits per heavy atom. The molecule has 1 N–H and O–H groups in total. The third-order valence-electron chi connectivity index (χ3n) is 4.78. The van der Waals surface area contributed by atoms with E-state index in [2.05, 4.69) is 29.2 Å². The van der Waals surface area contributed by atoms with Crippen molar-refractivity contribution >= 4 is 21.2 Å². The van der Waals surface area contributed by atoms with Gasteiger partial charge < -0.3 is 5.32 Å². The summed E-state index contributed by atoms with van der Waals surface area (Å²) in [6.07, 6.45) is 1.73. The van der Waals surface area contributed by atoms with E-state index in [4.69, 9.17) is 0 Å². The first kappa shape index (κ1) is 17.9. The van der Waals surface area contributed by atoms with Crippen LogP contribution in [0.4, 0.5) is 10.1 Å². The zero-order valence-corrected chi connectivity index (χ0v) is 16.3. The zero-order chi connectivity index (χ0) is 19.4. The Kier molecular flexibility index (Phi) is 3.99. The Hall–Kier alpha value is -2.48. The van der Waals surface area contributed by atoms with Gasteiger partial charge in [0.15, 0.2) is 21.3 Å². The van der Waals surface area contributed by atoms with Gasteiger partial charge in [-0.3, -0.25) is 0 Å². The van der Waals surface area contributed by atoms with Crippen LogP contribution >= 0.6 is 0 Å². The third kappa shape index (κ3) is 3.41. The summed E-state index contributed by atoms with van der Waals surface area (Å²) in [5.74, 6) is -0.194. The number of hydrogen-bond acceptors (Lipinski definition) is 5. The molecule has 0 saturated heterocycles. The van der Waals surface area contributed by atoms with E-state index in [-0.39, 0.29) is 22.8 Å². The number of hydrogen-bond donors (Lipinski definition) is 1. The van der Waals surface area contributed by atoms with Crippen molar-refractivity contribution in [1.82, 2.24) is 14.6 Å². The fourth-order valence-corrected chi connectivity index (χ4v) is 4.16. The van der Waals surface area contributed by atoms with E-state index in [0.717, 1.165) is 29.1 Å². The van der Waals surface area contributed by atoms with Gasteiger partial charge in [-0.25, -0.2) is 22.3 Å². The normalized spacial score (nSPS) is 15.7. The van der Waals surface area contributed by atoms with Crippen LogP contribution in [0.5, 0.6) is 0 Å². The molecule has 0 bridgehead atoms. The van der Waals surface area contributed by atoms with Crippen molar-refractivity contribution in [3.05, 3.63) is 58.8 Å². The average molecular weight is 388 g/mol. The van der Waals surface area contributed by atoms with E-state index in [1.54, 1.807) is 16.6 Å². The molecule has 0 atom stereocenters. The summed E-state index contributed by atoms with van der Waals surface area (Å²) in [6, 6.07) is 8.39. The quantitative estimate of drug-likeness (QED) is 0.744. The molecule has 1 aliphatic rings. The lowest BCUT2D eigenvalue weighted by Gasteiger charge is -2.18. The summed E-state index contributed by atoms with van der Waals surface area (Å²) in [5, 5.41) is 7.92. The average Bonchev–Trinajstić information content (AvgIpc) is 3.08. The van der Waals surface area contributed by atoms with Gasteiger partial charge in [0.25, 0.3) is 0 Å². The molecular formula is C19H21FN4O2S. The molecule has 2 aromatic heterocycles. The Morgan fingerprint density at radius 3 is 2.63 bits per heavy atom. The molecule has 8 heteroatoms. The maximum absolute atomic E-state index is 13.2. The van der Waals surface area contributed by atoms with Crippen LogP contribution in [0, 0.1) is 5.82 Å². The molecule has 0 fully saturated rings. The number of fused-ring (bicyclic) bond motifs is 3. The van der Waals surface area contributed by atoms with Crippen LogP contribution in [0.2, 0.25) is 0 Å². The van der Waals surface area contributed by atoms with Gasteiger partial charge in [0.1, 0.15) is 11.6 Å². The van der Waals surface area contributed by atoms with Crippen molar-refractivity contribution < 1.29 is 12.8 Å². The van der Waals surface area contributed by atoms with Gasteiger partial charge in [-0.2, -0.15) is 0 Å².